The predicted molar refractivity (Wildman–Crippen MR) is 64.6 cm³/mol. The highest BCUT2D eigenvalue weighted by Gasteiger charge is 2.14. The normalized spacial score (nSPS) is 10.5. The van der Waals surface area contributed by atoms with Gasteiger partial charge in [-0.3, -0.25) is 0 Å². The van der Waals surface area contributed by atoms with Crippen LogP contribution in [0.5, 0.6) is 0 Å². The van der Waals surface area contributed by atoms with Crippen molar-refractivity contribution < 1.29 is 9.13 Å². The Morgan fingerprint density at radius 1 is 1.44 bits per heavy atom. The van der Waals surface area contributed by atoms with E-state index in [0.29, 0.717) is 31.2 Å². The van der Waals surface area contributed by atoms with Crippen molar-refractivity contribution in [3.8, 4) is 0 Å². The molecule has 1 rings (SSSR count). The number of ether oxygens (including phenoxy) is 1. The number of halogens is 2. The standard InChI is InChI=1S/C10H15BrFN3O/c1-8-9(12)10(14-7-13-8)15(4-3-11)5-6-16-2/h7H,3-6H2,1-2H3. The first kappa shape index (κ1) is 13.3. The van der Waals surface area contributed by atoms with Crippen LogP contribution in [0.4, 0.5) is 10.2 Å². The van der Waals surface area contributed by atoms with Crippen LogP contribution in [0.25, 0.3) is 0 Å². The maximum atomic E-state index is 13.8. The van der Waals surface area contributed by atoms with Crippen molar-refractivity contribution in [2.24, 2.45) is 0 Å². The van der Waals surface area contributed by atoms with E-state index in [1.54, 1.807) is 14.0 Å². The molecule has 0 radical (unpaired) electrons. The topological polar surface area (TPSA) is 38.2 Å². The molecule has 1 aromatic rings. The van der Waals surface area contributed by atoms with Gasteiger partial charge in [-0.05, 0) is 6.92 Å². The summed E-state index contributed by atoms with van der Waals surface area (Å²) in [6, 6.07) is 0. The second-order valence-corrected chi connectivity index (χ2v) is 4.06. The van der Waals surface area contributed by atoms with Crippen LogP contribution in [0.15, 0.2) is 6.33 Å². The van der Waals surface area contributed by atoms with Gasteiger partial charge in [0.2, 0.25) is 0 Å². The molecule has 0 bridgehead atoms. The van der Waals surface area contributed by atoms with Crippen molar-refractivity contribution in [1.82, 2.24) is 9.97 Å². The lowest BCUT2D eigenvalue weighted by molar-refractivity contribution is 0.205. The molecule has 0 aliphatic carbocycles. The lowest BCUT2D eigenvalue weighted by Gasteiger charge is -2.22. The third-order valence-corrected chi connectivity index (χ3v) is 2.52. The second-order valence-electron chi connectivity index (χ2n) is 3.27. The van der Waals surface area contributed by atoms with Gasteiger partial charge in [0, 0.05) is 25.5 Å². The average molecular weight is 292 g/mol. The smallest absolute Gasteiger partial charge is 0.186 e. The molecule has 0 aliphatic rings. The van der Waals surface area contributed by atoms with Crippen LogP contribution >= 0.6 is 15.9 Å². The fourth-order valence-electron chi connectivity index (χ4n) is 1.29. The lowest BCUT2D eigenvalue weighted by atomic mass is 10.3. The van der Waals surface area contributed by atoms with E-state index in [9.17, 15) is 4.39 Å². The Labute approximate surface area is 103 Å². The molecule has 0 aromatic carbocycles. The molecule has 4 nitrogen and oxygen atoms in total. The zero-order valence-corrected chi connectivity index (χ0v) is 11.0. The third kappa shape index (κ3) is 3.38. The number of methoxy groups -OCH3 is 1. The summed E-state index contributed by atoms with van der Waals surface area (Å²) in [5.74, 6) is -0.0245. The maximum absolute atomic E-state index is 13.8. The van der Waals surface area contributed by atoms with Crippen molar-refractivity contribution in [1.29, 1.82) is 0 Å². The Kier molecular flexibility index (Phi) is 5.62. The minimum Gasteiger partial charge on any atom is -0.383 e. The zero-order valence-electron chi connectivity index (χ0n) is 9.41. The third-order valence-electron chi connectivity index (χ3n) is 2.16. The molecule has 0 spiro atoms. The van der Waals surface area contributed by atoms with Gasteiger partial charge in [-0.25, -0.2) is 14.4 Å². The van der Waals surface area contributed by atoms with Crippen molar-refractivity contribution in [3.05, 3.63) is 17.8 Å². The maximum Gasteiger partial charge on any atom is 0.186 e. The van der Waals surface area contributed by atoms with Crippen molar-refractivity contribution in [3.63, 3.8) is 0 Å². The SMILES string of the molecule is COCCN(CCBr)c1ncnc(C)c1F. The first-order valence-corrected chi connectivity index (χ1v) is 6.09. The quantitative estimate of drug-likeness (QED) is 0.749. The molecule has 0 saturated carbocycles. The first-order chi connectivity index (χ1) is 7.70. The highest BCUT2D eigenvalue weighted by molar-refractivity contribution is 9.09. The Morgan fingerprint density at radius 3 is 2.81 bits per heavy atom. The molecule has 0 unspecified atom stereocenters. The Bertz CT molecular complexity index is 338. The zero-order chi connectivity index (χ0) is 12.0. The molecule has 0 amide bonds. The van der Waals surface area contributed by atoms with Crippen molar-refractivity contribution in [2.75, 3.05) is 37.0 Å². The largest absolute Gasteiger partial charge is 0.383 e. The molecule has 0 aliphatic heterocycles. The van der Waals surface area contributed by atoms with Crippen LogP contribution in [0, 0.1) is 12.7 Å². The Morgan fingerprint density at radius 2 is 2.19 bits per heavy atom. The van der Waals surface area contributed by atoms with Gasteiger partial charge < -0.3 is 9.64 Å². The monoisotopic (exact) mass is 291 g/mol. The summed E-state index contributed by atoms with van der Waals surface area (Å²) in [5.41, 5.74) is 0.363. The van der Waals surface area contributed by atoms with Crippen LogP contribution in [-0.2, 0) is 4.74 Å². The summed E-state index contributed by atoms with van der Waals surface area (Å²) in [4.78, 5) is 9.62. The fraction of sp³-hybridized carbons (Fsp3) is 0.600. The summed E-state index contributed by atoms with van der Waals surface area (Å²) in [6.07, 6.45) is 1.38. The van der Waals surface area contributed by atoms with Crippen LogP contribution < -0.4 is 4.90 Å². The van der Waals surface area contributed by atoms with E-state index in [4.69, 9.17) is 4.74 Å². The molecule has 0 atom stereocenters. The van der Waals surface area contributed by atoms with Gasteiger partial charge in [0.25, 0.3) is 0 Å². The van der Waals surface area contributed by atoms with E-state index in [1.165, 1.54) is 6.33 Å². The molecule has 1 heterocycles. The highest BCUT2D eigenvalue weighted by Crippen LogP contribution is 2.17. The van der Waals surface area contributed by atoms with Gasteiger partial charge in [-0.2, -0.15) is 0 Å². The van der Waals surface area contributed by atoms with E-state index < -0.39 is 0 Å². The summed E-state index contributed by atoms with van der Waals surface area (Å²) in [5, 5.41) is 0.749. The molecule has 90 valence electrons. The molecule has 0 fully saturated rings. The number of alkyl halides is 1. The number of anilines is 1. The van der Waals surface area contributed by atoms with Gasteiger partial charge in [-0.1, -0.05) is 15.9 Å². The predicted octanol–water partition coefficient (Wildman–Crippen LogP) is 1.77. The number of hydrogen-bond acceptors (Lipinski definition) is 4. The average Bonchev–Trinajstić information content (AvgIpc) is 2.28. The Balaban J connectivity index is 2.86. The van der Waals surface area contributed by atoms with Crippen molar-refractivity contribution >= 4 is 21.7 Å². The summed E-state index contributed by atoms with van der Waals surface area (Å²) in [7, 11) is 1.62. The minimum absolute atomic E-state index is 0.337. The molecule has 6 heteroatoms. The number of nitrogens with zero attached hydrogens (tertiary/aromatic N) is 3. The second kappa shape index (κ2) is 6.75. The fourth-order valence-corrected chi connectivity index (χ4v) is 1.72. The van der Waals surface area contributed by atoms with Crippen LogP contribution in [0.2, 0.25) is 0 Å². The molecular formula is C10H15BrFN3O. The van der Waals surface area contributed by atoms with E-state index in [-0.39, 0.29) is 5.82 Å². The van der Waals surface area contributed by atoms with Crippen LogP contribution in [-0.4, -0.2) is 42.1 Å². The van der Waals surface area contributed by atoms with E-state index in [0.717, 1.165) is 5.33 Å². The summed E-state index contributed by atoms with van der Waals surface area (Å²) >= 11 is 3.33. The van der Waals surface area contributed by atoms with E-state index in [2.05, 4.69) is 25.9 Å². The minimum atomic E-state index is -0.362. The van der Waals surface area contributed by atoms with Gasteiger partial charge in [0.05, 0.1) is 12.3 Å². The van der Waals surface area contributed by atoms with E-state index in [1.807, 2.05) is 4.90 Å². The molecule has 0 N–H and O–H groups in total. The Hall–Kier alpha value is -0.750. The molecule has 0 saturated heterocycles. The van der Waals surface area contributed by atoms with Gasteiger partial charge in [-0.15, -0.1) is 0 Å². The van der Waals surface area contributed by atoms with Gasteiger partial charge in [0.15, 0.2) is 11.6 Å². The first-order valence-electron chi connectivity index (χ1n) is 4.97. The van der Waals surface area contributed by atoms with Crippen LogP contribution in [0.1, 0.15) is 5.69 Å². The number of hydrogen-bond donors (Lipinski definition) is 0. The summed E-state index contributed by atoms with van der Waals surface area (Å²) in [6.45, 7) is 3.45. The van der Waals surface area contributed by atoms with Gasteiger partial charge in [0.1, 0.15) is 6.33 Å². The van der Waals surface area contributed by atoms with Crippen molar-refractivity contribution in [2.45, 2.75) is 6.92 Å². The number of aromatic nitrogens is 2. The molecular weight excluding hydrogens is 277 g/mol. The lowest BCUT2D eigenvalue weighted by Crippen LogP contribution is -2.31. The number of rotatable bonds is 6. The molecule has 1 aromatic heterocycles. The molecule has 16 heavy (non-hydrogen) atoms. The van der Waals surface area contributed by atoms with Crippen LogP contribution in [0.3, 0.4) is 0 Å². The van der Waals surface area contributed by atoms with E-state index >= 15 is 0 Å². The summed E-state index contributed by atoms with van der Waals surface area (Å²) < 4.78 is 18.8. The van der Waals surface area contributed by atoms with Gasteiger partial charge >= 0.3 is 0 Å². The highest BCUT2D eigenvalue weighted by atomic mass is 79.9. The number of aryl methyl sites for hydroxylation is 1.